The highest BCUT2D eigenvalue weighted by Crippen LogP contribution is 2.25. The smallest absolute Gasteiger partial charge is 0.310 e. The maximum Gasteiger partial charge on any atom is 0.310 e. The van der Waals surface area contributed by atoms with Crippen molar-refractivity contribution in [3.63, 3.8) is 0 Å². The summed E-state index contributed by atoms with van der Waals surface area (Å²) in [5.41, 5.74) is 5.12. The summed E-state index contributed by atoms with van der Waals surface area (Å²) in [6.07, 6.45) is 1.00. The first-order valence-electron chi connectivity index (χ1n) is 4.80. The second-order valence-electron chi connectivity index (χ2n) is 3.20. The molecule has 86 valence electrons. The molecule has 0 heterocycles. The lowest BCUT2D eigenvalue weighted by Gasteiger charge is -2.05. The highest BCUT2D eigenvalue weighted by Gasteiger charge is 2.12. The van der Waals surface area contributed by atoms with Gasteiger partial charge in [0, 0.05) is 12.5 Å². The van der Waals surface area contributed by atoms with E-state index >= 15 is 0 Å². The van der Waals surface area contributed by atoms with Gasteiger partial charge in [0.05, 0.1) is 17.4 Å². The Hall–Kier alpha value is -2.11. The Morgan fingerprint density at radius 1 is 1.50 bits per heavy atom. The molecule has 3 N–H and O–H groups in total. The number of para-hydroxylation sites is 2. The summed E-state index contributed by atoms with van der Waals surface area (Å²) in [5, 5.41) is 17.6. The molecule has 1 aromatic carbocycles. The third-order valence-corrected chi connectivity index (χ3v) is 1.91. The van der Waals surface area contributed by atoms with Crippen LogP contribution in [0.1, 0.15) is 12.8 Å². The van der Waals surface area contributed by atoms with Crippen molar-refractivity contribution >= 4 is 11.5 Å². The monoisotopic (exact) mass is 223 g/mol. The largest absolute Gasteiger partial charge is 0.487 e. The van der Waals surface area contributed by atoms with Crippen LogP contribution in [0, 0.1) is 15.5 Å². The normalized spacial score (nSPS) is 9.75. The highest BCUT2D eigenvalue weighted by atomic mass is 16.6. The van der Waals surface area contributed by atoms with E-state index in [1.54, 1.807) is 18.2 Å². The van der Waals surface area contributed by atoms with Crippen LogP contribution in [0.15, 0.2) is 24.3 Å². The van der Waals surface area contributed by atoms with Crippen LogP contribution in [0.25, 0.3) is 0 Å². The Labute approximate surface area is 92.7 Å². The maximum absolute atomic E-state index is 10.6. The molecule has 0 radical (unpaired) electrons. The van der Waals surface area contributed by atoms with Gasteiger partial charge in [0.15, 0.2) is 5.75 Å². The van der Waals surface area contributed by atoms with Crippen molar-refractivity contribution in [3.05, 3.63) is 34.4 Å². The number of nitrogens with one attached hydrogen (secondary N) is 1. The number of nitrogens with two attached hydrogens (primary N) is 1. The summed E-state index contributed by atoms with van der Waals surface area (Å²) in [6.45, 7) is 0.310. The lowest BCUT2D eigenvalue weighted by molar-refractivity contribution is -0.385. The lowest BCUT2D eigenvalue weighted by Crippen LogP contribution is -2.11. The number of ether oxygens (including phenoxy) is 1. The zero-order chi connectivity index (χ0) is 12.0. The van der Waals surface area contributed by atoms with Crippen molar-refractivity contribution in [1.29, 1.82) is 5.41 Å². The molecule has 0 aliphatic heterocycles. The summed E-state index contributed by atoms with van der Waals surface area (Å²) < 4.78 is 5.25. The molecule has 0 atom stereocenters. The van der Waals surface area contributed by atoms with Crippen LogP contribution in [0.2, 0.25) is 0 Å². The van der Waals surface area contributed by atoms with Crippen LogP contribution in [0.5, 0.6) is 5.75 Å². The summed E-state index contributed by atoms with van der Waals surface area (Å²) in [7, 11) is 0. The van der Waals surface area contributed by atoms with E-state index in [0.717, 1.165) is 0 Å². The van der Waals surface area contributed by atoms with Crippen molar-refractivity contribution in [2.75, 3.05) is 6.61 Å². The summed E-state index contributed by atoms with van der Waals surface area (Å²) >= 11 is 0. The van der Waals surface area contributed by atoms with E-state index in [1.165, 1.54) is 6.07 Å². The minimum atomic E-state index is -0.486. The van der Waals surface area contributed by atoms with Gasteiger partial charge in [0.1, 0.15) is 0 Å². The average molecular weight is 223 g/mol. The van der Waals surface area contributed by atoms with Crippen molar-refractivity contribution < 1.29 is 9.66 Å². The van der Waals surface area contributed by atoms with Gasteiger partial charge >= 0.3 is 5.69 Å². The Balaban J connectivity index is 2.53. The fourth-order valence-electron chi connectivity index (χ4n) is 1.17. The highest BCUT2D eigenvalue weighted by molar-refractivity contribution is 5.76. The van der Waals surface area contributed by atoms with Crippen LogP contribution in [0.4, 0.5) is 5.69 Å². The number of hydrogen-bond donors (Lipinski definition) is 2. The predicted octanol–water partition coefficient (Wildman–Crippen LogP) is 1.69. The molecule has 1 aromatic rings. The number of nitrogens with zero attached hydrogens (tertiary/aromatic N) is 1. The SMILES string of the molecule is N=C(N)CCCOc1ccccc1[N+](=O)[O-]. The molecular formula is C10H13N3O3. The molecule has 0 aliphatic carbocycles. The Morgan fingerprint density at radius 2 is 2.19 bits per heavy atom. The van der Waals surface area contributed by atoms with Gasteiger partial charge in [-0.15, -0.1) is 0 Å². The molecule has 0 saturated heterocycles. The molecule has 0 saturated carbocycles. The van der Waals surface area contributed by atoms with E-state index in [-0.39, 0.29) is 17.3 Å². The number of rotatable bonds is 6. The van der Waals surface area contributed by atoms with Crippen molar-refractivity contribution in [2.24, 2.45) is 5.73 Å². The topological polar surface area (TPSA) is 102 Å². The quantitative estimate of drug-likeness (QED) is 0.252. The Bertz CT molecular complexity index is 393. The van der Waals surface area contributed by atoms with Gasteiger partial charge in [-0.05, 0) is 12.5 Å². The molecule has 0 aromatic heterocycles. The van der Waals surface area contributed by atoms with Gasteiger partial charge < -0.3 is 10.5 Å². The van der Waals surface area contributed by atoms with E-state index in [1.807, 2.05) is 0 Å². The second-order valence-corrected chi connectivity index (χ2v) is 3.20. The fourth-order valence-corrected chi connectivity index (χ4v) is 1.17. The summed E-state index contributed by atoms with van der Waals surface area (Å²) in [4.78, 5) is 10.1. The first-order valence-corrected chi connectivity index (χ1v) is 4.80. The van der Waals surface area contributed by atoms with Gasteiger partial charge in [0.2, 0.25) is 0 Å². The average Bonchev–Trinajstić information content (AvgIpc) is 2.24. The summed E-state index contributed by atoms with van der Waals surface area (Å²) in [5.74, 6) is 0.335. The molecule has 6 nitrogen and oxygen atoms in total. The molecule has 16 heavy (non-hydrogen) atoms. The first kappa shape index (κ1) is 12.0. The molecule has 0 unspecified atom stereocenters. The van der Waals surface area contributed by atoms with Crippen LogP contribution in [-0.2, 0) is 0 Å². The fraction of sp³-hybridized carbons (Fsp3) is 0.300. The number of amidine groups is 1. The maximum atomic E-state index is 10.6. The molecule has 1 rings (SSSR count). The molecular weight excluding hydrogens is 210 g/mol. The molecule has 0 spiro atoms. The van der Waals surface area contributed by atoms with Gasteiger partial charge in [-0.1, -0.05) is 12.1 Å². The zero-order valence-electron chi connectivity index (χ0n) is 8.68. The van der Waals surface area contributed by atoms with E-state index in [9.17, 15) is 10.1 Å². The van der Waals surface area contributed by atoms with E-state index in [2.05, 4.69) is 0 Å². The molecule has 0 aliphatic rings. The predicted molar refractivity (Wildman–Crippen MR) is 59.7 cm³/mol. The van der Waals surface area contributed by atoms with Crippen LogP contribution < -0.4 is 10.5 Å². The van der Waals surface area contributed by atoms with Crippen LogP contribution >= 0.6 is 0 Å². The molecule has 0 fully saturated rings. The van der Waals surface area contributed by atoms with E-state index in [4.69, 9.17) is 15.9 Å². The Kier molecular flexibility index (Phi) is 4.26. The van der Waals surface area contributed by atoms with Gasteiger partial charge in [-0.2, -0.15) is 0 Å². The van der Waals surface area contributed by atoms with E-state index < -0.39 is 4.92 Å². The first-order chi connectivity index (χ1) is 7.61. The van der Waals surface area contributed by atoms with Crippen LogP contribution in [-0.4, -0.2) is 17.4 Å². The number of nitro benzene ring substituents is 1. The molecule has 6 heteroatoms. The lowest BCUT2D eigenvalue weighted by atomic mass is 10.3. The van der Waals surface area contributed by atoms with E-state index in [0.29, 0.717) is 19.4 Å². The molecule has 0 bridgehead atoms. The Morgan fingerprint density at radius 3 is 2.81 bits per heavy atom. The van der Waals surface area contributed by atoms with Gasteiger partial charge in [0.25, 0.3) is 0 Å². The van der Waals surface area contributed by atoms with Gasteiger partial charge in [-0.3, -0.25) is 15.5 Å². The molecule has 0 amide bonds. The van der Waals surface area contributed by atoms with Gasteiger partial charge in [-0.25, -0.2) is 0 Å². The second kappa shape index (κ2) is 5.69. The zero-order valence-corrected chi connectivity index (χ0v) is 8.68. The van der Waals surface area contributed by atoms with Crippen molar-refractivity contribution in [1.82, 2.24) is 0 Å². The van der Waals surface area contributed by atoms with Crippen molar-refractivity contribution in [2.45, 2.75) is 12.8 Å². The number of hydrogen-bond acceptors (Lipinski definition) is 4. The third-order valence-electron chi connectivity index (χ3n) is 1.91. The van der Waals surface area contributed by atoms with Crippen LogP contribution in [0.3, 0.4) is 0 Å². The van der Waals surface area contributed by atoms with Crippen molar-refractivity contribution in [3.8, 4) is 5.75 Å². The number of benzene rings is 1. The minimum Gasteiger partial charge on any atom is -0.487 e. The number of nitro groups is 1. The standard InChI is InChI=1S/C10H13N3O3/c11-10(12)6-3-7-16-9-5-2-1-4-8(9)13(14)15/h1-2,4-5H,3,6-7H2,(H3,11,12). The third kappa shape index (κ3) is 3.56. The summed E-state index contributed by atoms with van der Waals surface area (Å²) in [6, 6.07) is 6.19. The minimum absolute atomic E-state index is 0.0506.